The highest BCUT2D eigenvalue weighted by molar-refractivity contribution is 7.89. The van der Waals surface area contributed by atoms with E-state index in [1.54, 1.807) is 30.1 Å². The zero-order chi connectivity index (χ0) is 12.7. The predicted octanol–water partition coefficient (Wildman–Crippen LogP) is 0.561. The third-order valence-corrected chi connectivity index (χ3v) is 4.87. The topological polar surface area (TPSA) is 62.5 Å². The number of rotatable bonds is 4. The van der Waals surface area contributed by atoms with Crippen LogP contribution in [0.15, 0.2) is 23.4 Å². The second-order valence-electron chi connectivity index (χ2n) is 4.76. The summed E-state index contributed by atoms with van der Waals surface area (Å²) in [5.74, 6) is 0. The number of aryl methyl sites for hydroxylation is 1. The fourth-order valence-electron chi connectivity index (χ4n) is 2.18. The van der Waals surface area contributed by atoms with Gasteiger partial charge in [0.15, 0.2) is 0 Å². The van der Waals surface area contributed by atoms with Crippen molar-refractivity contribution in [3.8, 4) is 0 Å². The first-order chi connectivity index (χ1) is 7.87. The van der Waals surface area contributed by atoms with Crippen LogP contribution in [0.3, 0.4) is 0 Å². The van der Waals surface area contributed by atoms with Crippen molar-refractivity contribution in [3.05, 3.63) is 18.5 Å². The number of sulfonamides is 1. The summed E-state index contributed by atoms with van der Waals surface area (Å²) < 4.78 is 27.3. The van der Waals surface area contributed by atoms with Crippen molar-refractivity contribution in [3.63, 3.8) is 0 Å². The van der Waals surface area contributed by atoms with Gasteiger partial charge >= 0.3 is 0 Å². The number of nitrogens with zero attached hydrogens (tertiary/aromatic N) is 2. The fraction of sp³-hybridized carbons (Fsp3) is 0.636. The van der Waals surface area contributed by atoms with Crippen molar-refractivity contribution in [2.45, 2.75) is 30.3 Å². The van der Waals surface area contributed by atoms with E-state index >= 15 is 0 Å². The van der Waals surface area contributed by atoms with E-state index in [0.29, 0.717) is 11.3 Å². The van der Waals surface area contributed by atoms with Crippen LogP contribution in [0, 0.1) is 0 Å². The first kappa shape index (κ1) is 12.6. The number of aliphatic hydroxyl groups is 1. The highest BCUT2D eigenvalue weighted by Gasteiger charge is 2.46. The lowest BCUT2D eigenvalue weighted by molar-refractivity contribution is -0.0653. The first-order valence-electron chi connectivity index (χ1n) is 5.72. The molecule has 96 valence electrons. The minimum Gasteiger partial charge on any atom is -0.387 e. The van der Waals surface area contributed by atoms with Crippen LogP contribution in [-0.4, -0.2) is 41.1 Å². The molecule has 0 amide bonds. The fourth-order valence-corrected chi connectivity index (χ4v) is 3.83. The van der Waals surface area contributed by atoms with Gasteiger partial charge in [0, 0.05) is 32.5 Å². The molecule has 0 aromatic carbocycles. The van der Waals surface area contributed by atoms with E-state index in [9.17, 15) is 13.5 Å². The molecule has 5 nitrogen and oxygen atoms in total. The molecule has 6 heteroatoms. The zero-order valence-corrected chi connectivity index (χ0v) is 10.9. The first-order valence-corrected chi connectivity index (χ1v) is 7.16. The maximum Gasteiger partial charge on any atom is 0.244 e. The Hall–Kier alpha value is -0.850. The van der Waals surface area contributed by atoms with E-state index in [1.165, 1.54) is 4.31 Å². The van der Waals surface area contributed by atoms with Gasteiger partial charge in [0.05, 0.1) is 10.5 Å². The van der Waals surface area contributed by atoms with Gasteiger partial charge in [0.25, 0.3) is 0 Å². The Labute approximate surface area is 102 Å². The summed E-state index contributed by atoms with van der Waals surface area (Å²) in [6.45, 7) is 2.39. The van der Waals surface area contributed by atoms with Crippen LogP contribution >= 0.6 is 0 Å². The van der Waals surface area contributed by atoms with E-state index in [2.05, 4.69) is 0 Å². The van der Waals surface area contributed by atoms with Crippen LogP contribution in [0.5, 0.6) is 0 Å². The third-order valence-electron chi connectivity index (χ3n) is 3.10. The summed E-state index contributed by atoms with van der Waals surface area (Å²) in [6.07, 6.45) is 4.78. The molecule has 17 heavy (non-hydrogen) atoms. The van der Waals surface area contributed by atoms with Gasteiger partial charge in [-0.1, -0.05) is 13.3 Å². The molecule has 1 fully saturated rings. The van der Waals surface area contributed by atoms with Gasteiger partial charge in [-0.25, -0.2) is 8.42 Å². The van der Waals surface area contributed by atoms with Crippen LogP contribution in [0.2, 0.25) is 0 Å². The molecular formula is C11H18N2O3S. The lowest BCUT2D eigenvalue weighted by Gasteiger charge is -2.45. The second-order valence-corrected chi connectivity index (χ2v) is 6.70. The molecule has 2 heterocycles. The highest BCUT2D eigenvalue weighted by atomic mass is 32.2. The Morgan fingerprint density at radius 3 is 2.59 bits per heavy atom. The van der Waals surface area contributed by atoms with Gasteiger partial charge in [-0.2, -0.15) is 4.31 Å². The Morgan fingerprint density at radius 2 is 2.12 bits per heavy atom. The quantitative estimate of drug-likeness (QED) is 0.858. The molecule has 0 bridgehead atoms. The van der Waals surface area contributed by atoms with Crippen molar-refractivity contribution in [1.29, 1.82) is 0 Å². The van der Waals surface area contributed by atoms with Crippen LogP contribution in [-0.2, 0) is 17.1 Å². The van der Waals surface area contributed by atoms with E-state index < -0.39 is 15.6 Å². The average molecular weight is 258 g/mol. The van der Waals surface area contributed by atoms with Crippen molar-refractivity contribution < 1.29 is 13.5 Å². The molecule has 1 aliphatic rings. The number of aromatic nitrogens is 1. The lowest BCUT2D eigenvalue weighted by atomic mass is 9.92. The highest BCUT2D eigenvalue weighted by Crippen LogP contribution is 2.31. The van der Waals surface area contributed by atoms with Gasteiger partial charge in [-0.05, 0) is 12.5 Å². The SMILES string of the molecule is CCCC1(O)CN(S(=O)(=O)c2ccn(C)c2)C1. The Morgan fingerprint density at radius 1 is 1.47 bits per heavy atom. The minimum atomic E-state index is -3.42. The molecule has 0 radical (unpaired) electrons. The van der Waals surface area contributed by atoms with Crippen LogP contribution in [0.25, 0.3) is 0 Å². The monoisotopic (exact) mass is 258 g/mol. The van der Waals surface area contributed by atoms with Gasteiger partial charge < -0.3 is 9.67 Å². The molecule has 2 rings (SSSR count). The van der Waals surface area contributed by atoms with Crippen molar-refractivity contribution >= 4 is 10.0 Å². The number of hydrogen-bond donors (Lipinski definition) is 1. The summed E-state index contributed by atoms with van der Waals surface area (Å²) in [4.78, 5) is 0.290. The summed E-state index contributed by atoms with van der Waals surface area (Å²) in [6, 6.07) is 1.58. The molecular weight excluding hydrogens is 240 g/mol. The van der Waals surface area contributed by atoms with Gasteiger partial charge in [-0.3, -0.25) is 0 Å². The number of hydrogen-bond acceptors (Lipinski definition) is 3. The lowest BCUT2D eigenvalue weighted by Crippen LogP contribution is -2.63. The van der Waals surface area contributed by atoms with E-state index in [4.69, 9.17) is 0 Å². The van der Waals surface area contributed by atoms with Crippen LogP contribution in [0.4, 0.5) is 0 Å². The molecule has 0 unspecified atom stereocenters. The Kier molecular flexibility index (Phi) is 3.05. The zero-order valence-electron chi connectivity index (χ0n) is 10.1. The standard InChI is InChI=1S/C11H18N2O3S/c1-3-5-11(14)8-13(9-11)17(15,16)10-4-6-12(2)7-10/h4,6-7,14H,3,5,8-9H2,1-2H3. The maximum absolute atomic E-state index is 12.1. The maximum atomic E-state index is 12.1. The molecule has 1 saturated heterocycles. The largest absolute Gasteiger partial charge is 0.387 e. The molecule has 0 spiro atoms. The normalized spacial score (nSPS) is 20.2. The Bertz CT molecular complexity index is 501. The van der Waals surface area contributed by atoms with E-state index in [-0.39, 0.29) is 13.1 Å². The third kappa shape index (κ3) is 2.25. The van der Waals surface area contributed by atoms with E-state index in [1.807, 2.05) is 6.92 Å². The molecule has 1 N–H and O–H groups in total. The predicted molar refractivity (Wildman–Crippen MR) is 64.0 cm³/mol. The molecule has 1 aromatic rings. The summed E-state index contributed by atoms with van der Waals surface area (Å²) >= 11 is 0. The minimum absolute atomic E-state index is 0.206. The van der Waals surface area contributed by atoms with Crippen molar-refractivity contribution in [2.24, 2.45) is 7.05 Å². The summed E-state index contributed by atoms with van der Waals surface area (Å²) in [7, 11) is -1.64. The summed E-state index contributed by atoms with van der Waals surface area (Å²) in [5.41, 5.74) is -0.823. The Balaban J connectivity index is 2.11. The molecule has 1 aromatic heterocycles. The number of β-amino-alcohol motifs (C(OH)–C–C–N with tert-alkyl or cyclic N) is 1. The summed E-state index contributed by atoms with van der Waals surface area (Å²) in [5, 5.41) is 9.98. The molecule has 0 saturated carbocycles. The smallest absolute Gasteiger partial charge is 0.244 e. The molecule has 1 aliphatic heterocycles. The molecule has 0 atom stereocenters. The van der Waals surface area contributed by atoms with Crippen LogP contribution in [0.1, 0.15) is 19.8 Å². The van der Waals surface area contributed by atoms with E-state index in [0.717, 1.165) is 6.42 Å². The van der Waals surface area contributed by atoms with Crippen molar-refractivity contribution in [1.82, 2.24) is 8.87 Å². The van der Waals surface area contributed by atoms with Crippen molar-refractivity contribution in [2.75, 3.05) is 13.1 Å². The van der Waals surface area contributed by atoms with Gasteiger partial charge in [-0.15, -0.1) is 0 Å². The average Bonchev–Trinajstić information content (AvgIpc) is 2.62. The van der Waals surface area contributed by atoms with Crippen LogP contribution < -0.4 is 0 Å². The van der Waals surface area contributed by atoms with Gasteiger partial charge in [0.2, 0.25) is 10.0 Å². The second kappa shape index (κ2) is 4.12. The van der Waals surface area contributed by atoms with Gasteiger partial charge in [0.1, 0.15) is 0 Å². The molecule has 0 aliphatic carbocycles.